The molecule has 2 N–H and O–H groups in total. The van der Waals surface area contributed by atoms with Gasteiger partial charge >= 0.3 is 0 Å². The highest BCUT2D eigenvalue weighted by Gasteiger charge is 2.19. The standard InChI is InChI=1S/C14H12N2O4/c1-9-8-10(17)6-7-12(9)15-14(18)11-4-2-3-5-13(11)16(19)20/h2-8,17H,1H3,(H,15,18). The van der Waals surface area contributed by atoms with Crippen molar-refractivity contribution < 1.29 is 14.8 Å². The fourth-order valence-electron chi connectivity index (χ4n) is 1.80. The van der Waals surface area contributed by atoms with Gasteiger partial charge in [0.25, 0.3) is 11.6 Å². The second-order valence-electron chi connectivity index (χ2n) is 4.23. The van der Waals surface area contributed by atoms with E-state index in [1.165, 1.54) is 36.4 Å². The summed E-state index contributed by atoms with van der Waals surface area (Å²) in [5, 5.41) is 22.8. The number of nitrogens with zero attached hydrogens (tertiary/aromatic N) is 1. The molecule has 0 saturated heterocycles. The molecule has 0 atom stereocenters. The van der Waals surface area contributed by atoms with Crippen molar-refractivity contribution in [1.29, 1.82) is 0 Å². The summed E-state index contributed by atoms with van der Waals surface area (Å²) in [6.45, 7) is 1.72. The van der Waals surface area contributed by atoms with Crippen LogP contribution in [0.5, 0.6) is 5.75 Å². The van der Waals surface area contributed by atoms with Crippen LogP contribution in [0.1, 0.15) is 15.9 Å². The number of nitrogens with one attached hydrogen (secondary N) is 1. The summed E-state index contributed by atoms with van der Waals surface area (Å²) in [5.74, 6) is -0.475. The third-order valence-corrected chi connectivity index (χ3v) is 2.80. The highest BCUT2D eigenvalue weighted by Crippen LogP contribution is 2.23. The molecule has 2 aromatic rings. The maximum atomic E-state index is 12.1. The molecule has 0 bridgehead atoms. The maximum Gasteiger partial charge on any atom is 0.282 e. The van der Waals surface area contributed by atoms with Crippen molar-refractivity contribution in [3.63, 3.8) is 0 Å². The van der Waals surface area contributed by atoms with E-state index in [2.05, 4.69) is 5.32 Å². The molecule has 0 fully saturated rings. The van der Waals surface area contributed by atoms with Crippen molar-refractivity contribution in [3.05, 3.63) is 63.7 Å². The van der Waals surface area contributed by atoms with Crippen LogP contribution in [-0.4, -0.2) is 15.9 Å². The molecule has 2 aromatic carbocycles. The fourth-order valence-corrected chi connectivity index (χ4v) is 1.80. The Morgan fingerprint density at radius 1 is 1.25 bits per heavy atom. The second-order valence-corrected chi connectivity index (χ2v) is 4.23. The monoisotopic (exact) mass is 272 g/mol. The van der Waals surface area contributed by atoms with Gasteiger partial charge in [0.2, 0.25) is 0 Å². The van der Waals surface area contributed by atoms with Crippen molar-refractivity contribution >= 4 is 17.3 Å². The van der Waals surface area contributed by atoms with Gasteiger partial charge in [-0.15, -0.1) is 0 Å². The first-order valence-corrected chi connectivity index (χ1v) is 5.83. The van der Waals surface area contributed by atoms with E-state index in [0.717, 1.165) is 0 Å². The van der Waals surface area contributed by atoms with Crippen LogP contribution in [-0.2, 0) is 0 Å². The number of phenols is 1. The number of nitro groups is 1. The summed E-state index contributed by atoms with van der Waals surface area (Å²) >= 11 is 0. The first kappa shape index (κ1) is 13.5. The van der Waals surface area contributed by atoms with Crippen LogP contribution >= 0.6 is 0 Å². The molecule has 20 heavy (non-hydrogen) atoms. The van der Waals surface area contributed by atoms with Gasteiger partial charge in [-0.1, -0.05) is 12.1 Å². The van der Waals surface area contributed by atoms with Crippen LogP contribution in [0.25, 0.3) is 0 Å². The minimum absolute atomic E-state index is 0.00928. The van der Waals surface area contributed by atoms with Crippen LogP contribution in [0, 0.1) is 17.0 Å². The molecule has 0 aliphatic carbocycles. The van der Waals surface area contributed by atoms with Crippen molar-refractivity contribution in [3.8, 4) is 5.75 Å². The SMILES string of the molecule is Cc1cc(O)ccc1NC(=O)c1ccccc1[N+](=O)[O-]. The largest absolute Gasteiger partial charge is 0.508 e. The number of amides is 1. The second kappa shape index (κ2) is 5.40. The highest BCUT2D eigenvalue weighted by atomic mass is 16.6. The molecule has 0 unspecified atom stereocenters. The number of carbonyl (C=O) groups is 1. The van der Waals surface area contributed by atoms with Gasteiger partial charge in [0.1, 0.15) is 11.3 Å². The van der Waals surface area contributed by atoms with Gasteiger partial charge in [-0.2, -0.15) is 0 Å². The van der Waals surface area contributed by atoms with E-state index in [1.54, 1.807) is 13.0 Å². The molecular weight excluding hydrogens is 260 g/mol. The molecule has 0 aliphatic rings. The van der Waals surface area contributed by atoms with Crippen molar-refractivity contribution in [1.82, 2.24) is 0 Å². The van der Waals surface area contributed by atoms with E-state index in [9.17, 15) is 20.0 Å². The summed E-state index contributed by atoms with van der Waals surface area (Å²) in [6, 6.07) is 10.2. The van der Waals surface area contributed by atoms with E-state index < -0.39 is 10.8 Å². The van der Waals surface area contributed by atoms with Crippen LogP contribution in [0.3, 0.4) is 0 Å². The smallest absolute Gasteiger partial charge is 0.282 e. The Hall–Kier alpha value is -2.89. The number of anilines is 1. The van der Waals surface area contributed by atoms with E-state index in [0.29, 0.717) is 11.3 Å². The minimum Gasteiger partial charge on any atom is -0.508 e. The van der Waals surface area contributed by atoms with E-state index in [1.807, 2.05) is 0 Å². The van der Waals surface area contributed by atoms with Crippen LogP contribution in [0.15, 0.2) is 42.5 Å². The molecule has 2 rings (SSSR count). The van der Waals surface area contributed by atoms with E-state index in [-0.39, 0.29) is 17.0 Å². The zero-order valence-corrected chi connectivity index (χ0v) is 10.7. The Bertz CT molecular complexity index is 683. The third kappa shape index (κ3) is 2.74. The Labute approximate surface area is 114 Å². The van der Waals surface area contributed by atoms with Crippen molar-refractivity contribution in [2.24, 2.45) is 0 Å². The number of phenolic OH excluding ortho intramolecular Hbond substituents is 1. The minimum atomic E-state index is -0.599. The number of aryl methyl sites for hydroxylation is 1. The molecule has 0 radical (unpaired) electrons. The Morgan fingerprint density at radius 2 is 1.95 bits per heavy atom. The average molecular weight is 272 g/mol. The molecule has 0 aromatic heterocycles. The molecule has 0 saturated carbocycles. The summed E-state index contributed by atoms with van der Waals surface area (Å²) in [5.41, 5.74) is 0.897. The zero-order chi connectivity index (χ0) is 14.7. The van der Waals surface area contributed by atoms with Gasteiger partial charge in [0.15, 0.2) is 0 Å². The van der Waals surface area contributed by atoms with Crippen molar-refractivity contribution in [2.75, 3.05) is 5.32 Å². The van der Waals surface area contributed by atoms with Gasteiger partial charge in [0.05, 0.1) is 4.92 Å². The highest BCUT2D eigenvalue weighted by molar-refractivity contribution is 6.07. The Balaban J connectivity index is 2.31. The average Bonchev–Trinajstić information content (AvgIpc) is 2.41. The molecule has 102 valence electrons. The van der Waals surface area contributed by atoms with Gasteiger partial charge in [-0.25, -0.2) is 0 Å². The van der Waals surface area contributed by atoms with Crippen molar-refractivity contribution in [2.45, 2.75) is 6.92 Å². The van der Waals surface area contributed by atoms with Gasteiger partial charge < -0.3 is 10.4 Å². The molecule has 0 heterocycles. The topological polar surface area (TPSA) is 92.5 Å². The number of hydrogen-bond acceptors (Lipinski definition) is 4. The quantitative estimate of drug-likeness (QED) is 0.510. The van der Waals surface area contributed by atoms with Gasteiger partial charge in [-0.05, 0) is 36.8 Å². The number of para-hydroxylation sites is 1. The number of rotatable bonds is 3. The third-order valence-electron chi connectivity index (χ3n) is 2.80. The predicted molar refractivity (Wildman–Crippen MR) is 73.9 cm³/mol. The number of benzene rings is 2. The summed E-state index contributed by atoms with van der Waals surface area (Å²) in [6.07, 6.45) is 0. The van der Waals surface area contributed by atoms with Gasteiger partial charge in [-0.3, -0.25) is 14.9 Å². The molecule has 0 aliphatic heterocycles. The normalized spacial score (nSPS) is 10.1. The van der Waals surface area contributed by atoms with Crippen LogP contribution < -0.4 is 5.32 Å². The molecular formula is C14H12N2O4. The van der Waals surface area contributed by atoms with Crippen LogP contribution in [0.2, 0.25) is 0 Å². The van der Waals surface area contributed by atoms with E-state index in [4.69, 9.17) is 0 Å². The number of carbonyl (C=O) groups excluding carboxylic acids is 1. The predicted octanol–water partition coefficient (Wildman–Crippen LogP) is 2.86. The lowest BCUT2D eigenvalue weighted by Gasteiger charge is -2.08. The molecule has 1 amide bonds. The summed E-state index contributed by atoms with van der Waals surface area (Å²) < 4.78 is 0. The lowest BCUT2D eigenvalue weighted by molar-refractivity contribution is -0.385. The van der Waals surface area contributed by atoms with Crippen LogP contribution in [0.4, 0.5) is 11.4 Å². The number of hydrogen-bond donors (Lipinski definition) is 2. The first-order valence-electron chi connectivity index (χ1n) is 5.83. The first-order chi connectivity index (χ1) is 9.49. The number of nitro benzene ring substituents is 1. The maximum absolute atomic E-state index is 12.1. The van der Waals surface area contributed by atoms with Gasteiger partial charge in [0, 0.05) is 11.8 Å². The fraction of sp³-hybridized carbons (Fsp3) is 0.0714. The molecule has 6 nitrogen and oxygen atoms in total. The Morgan fingerprint density at radius 3 is 2.60 bits per heavy atom. The zero-order valence-electron chi connectivity index (χ0n) is 10.7. The molecule has 0 spiro atoms. The number of aromatic hydroxyl groups is 1. The lowest BCUT2D eigenvalue weighted by Crippen LogP contribution is -2.14. The van der Waals surface area contributed by atoms with E-state index >= 15 is 0 Å². The molecule has 6 heteroatoms. The summed E-state index contributed by atoms with van der Waals surface area (Å²) in [4.78, 5) is 22.4. The summed E-state index contributed by atoms with van der Waals surface area (Å²) in [7, 11) is 0. The Kier molecular flexibility index (Phi) is 3.65. The lowest BCUT2D eigenvalue weighted by atomic mass is 10.1.